The first kappa shape index (κ1) is 17.4. The molecule has 1 amide bonds. The Hall–Kier alpha value is -2.96. The molecule has 0 aromatic carbocycles. The number of alkyl halides is 3. The molecule has 0 unspecified atom stereocenters. The van der Waals surface area contributed by atoms with Crippen molar-refractivity contribution in [1.82, 2.24) is 19.6 Å². The fourth-order valence-corrected chi connectivity index (χ4v) is 1.77. The van der Waals surface area contributed by atoms with Crippen LogP contribution in [-0.4, -0.2) is 43.2 Å². The van der Waals surface area contributed by atoms with Crippen LogP contribution in [0.15, 0.2) is 18.6 Å². The van der Waals surface area contributed by atoms with Gasteiger partial charge in [0, 0.05) is 7.05 Å². The van der Waals surface area contributed by atoms with E-state index in [4.69, 9.17) is 0 Å². The number of rotatable bonds is 6. The first-order valence-corrected chi connectivity index (χ1v) is 6.32. The van der Waals surface area contributed by atoms with Gasteiger partial charge in [0.15, 0.2) is 0 Å². The van der Waals surface area contributed by atoms with Gasteiger partial charge in [-0.25, -0.2) is 4.68 Å². The molecule has 0 aliphatic rings. The molecule has 0 atom stereocenters. The molecule has 0 aliphatic carbocycles. The van der Waals surface area contributed by atoms with Crippen molar-refractivity contribution in [3.63, 3.8) is 0 Å². The minimum absolute atomic E-state index is 0.131. The fraction of sp³-hybridized carbons (Fsp3) is 0.364. The smallest absolute Gasteiger partial charge is 0.350 e. The zero-order valence-electron chi connectivity index (χ0n) is 12.1. The maximum atomic E-state index is 12.1. The van der Waals surface area contributed by atoms with E-state index in [9.17, 15) is 28.1 Å². The first-order chi connectivity index (χ1) is 11.2. The molecule has 2 heterocycles. The molecule has 0 aliphatic heterocycles. The topological polar surface area (TPSA) is 117 Å². The SMILES string of the molecule is Cn1ncc([N+](=O)[O-])c1C(=O)Nc1cnn(COCC(F)(F)F)c1. The molecule has 13 heteroatoms. The van der Waals surface area contributed by atoms with Crippen LogP contribution in [-0.2, 0) is 18.5 Å². The summed E-state index contributed by atoms with van der Waals surface area (Å²) in [6.07, 6.45) is -1.14. The molecule has 0 fully saturated rings. The lowest BCUT2D eigenvalue weighted by molar-refractivity contribution is -0.385. The average Bonchev–Trinajstić information content (AvgIpc) is 3.04. The maximum absolute atomic E-state index is 12.1. The number of anilines is 1. The molecule has 2 aromatic rings. The highest BCUT2D eigenvalue weighted by Gasteiger charge is 2.28. The lowest BCUT2D eigenvalue weighted by atomic mass is 10.3. The van der Waals surface area contributed by atoms with Crippen LogP contribution in [0.1, 0.15) is 10.5 Å². The van der Waals surface area contributed by atoms with Crippen molar-refractivity contribution in [3.8, 4) is 0 Å². The largest absolute Gasteiger partial charge is 0.411 e. The van der Waals surface area contributed by atoms with Gasteiger partial charge in [0.2, 0.25) is 5.69 Å². The summed E-state index contributed by atoms with van der Waals surface area (Å²) in [5.74, 6) is -0.808. The van der Waals surface area contributed by atoms with E-state index >= 15 is 0 Å². The van der Waals surface area contributed by atoms with Crippen molar-refractivity contribution >= 4 is 17.3 Å². The Labute approximate surface area is 132 Å². The van der Waals surface area contributed by atoms with E-state index in [-0.39, 0.29) is 11.4 Å². The summed E-state index contributed by atoms with van der Waals surface area (Å²) in [5, 5.41) is 20.5. The van der Waals surface area contributed by atoms with Crippen LogP contribution >= 0.6 is 0 Å². The fourth-order valence-electron chi connectivity index (χ4n) is 1.77. The zero-order chi connectivity index (χ0) is 17.9. The Morgan fingerprint density at radius 2 is 2.12 bits per heavy atom. The molecular formula is C11H11F3N6O4. The van der Waals surface area contributed by atoms with Crippen LogP contribution in [0.2, 0.25) is 0 Å². The Kier molecular flexibility index (Phi) is 4.82. The number of carbonyl (C=O) groups excluding carboxylic acids is 1. The third-order valence-corrected chi connectivity index (χ3v) is 2.71. The average molecular weight is 348 g/mol. The van der Waals surface area contributed by atoms with E-state index in [0.29, 0.717) is 0 Å². The molecule has 0 saturated carbocycles. The minimum atomic E-state index is -4.46. The molecule has 2 rings (SSSR count). The first-order valence-electron chi connectivity index (χ1n) is 6.32. The highest BCUT2D eigenvalue weighted by molar-refractivity contribution is 6.05. The van der Waals surface area contributed by atoms with E-state index in [1.54, 1.807) is 0 Å². The summed E-state index contributed by atoms with van der Waals surface area (Å²) < 4.78 is 42.3. The maximum Gasteiger partial charge on any atom is 0.411 e. The predicted octanol–water partition coefficient (Wildman–Crippen LogP) is 1.31. The van der Waals surface area contributed by atoms with E-state index < -0.39 is 36.0 Å². The predicted molar refractivity (Wildman–Crippen MR) is 72.0 cm³/mol. The number of nitrogens with zero attached hydrogens (tertiary/aromatic N) is 5. The summed E-state index contributed by atoms with van der Waals surface area (Å²) in [6.45, 7) is -1.91. The molecule has 2 aromatic heterocycles. The monoisotopic (exact) mass is 348 g/mol. The number of halogens is 3. The Morgan fingerprint density at radius 1 is 1.42 bits per heavy atom. The van der Waals surface area contributed by atoms with Crippen LogP contribution in [0.3, 0.4) is 0 Å². The van der Waals surface area contributed by atoms with Gasteiger partial charge >= 0.3 is 11.9 Å². The van der Waals surface area contributed by atoms with Crippen molar-refractivity contribution in [1.29, 1.82) is 0 Å². The number of aryl methyl sites for hydroxylation is 1. The van der Waals surface area contributed by atoms with Crippen LogP contribution < -0.4 is 5.32 Å². The quantitative estimate of drug-likeness (QED) is 0.621. The molecular weight excluding hydrogens is 337 g/mol. The summed E-state index contributed by atoms with van der Waals surface area (Å²) in [5.41, 5.74) is -0.622. The van der Waals surface area contributed by atoms with Gasteiger partial charge in [0.05, 0.1) is 23.0 Å². The van der Waals surface area contributed by atoms with E-state index in [1.165, 1.54) is 13.2 Å². The second-order valence-electron chi connectivity index (χ2n) is 4.57. The van der Waals surface area contributed by atoms with E-state index in [2.05, 4.69) is 20.3 Å². The summed E-state index contributed by atoms with van der Waals surface area (Å²) in [6, 6.07) is 0. The second-order valence-corrected chi connectivity index (χ2v) is 4.57. The van der Waals surface area contributed by atoms with Crippen molar-refractivity contribution in [2.24, 2.45) is 7.05 Å². The number of nitro groups is 1. The molecule has 0 spiro atoms. The zero-order valence-corrected chi connectivity index (χ0v) is 12.1. The van der Waals surface area contributed by atoms with E-state index in [0.717, 1.165) is 21.8 Å². The third kappa shape index (κ3) is 4.28. The highest BCUT2D eigenvalue weighted by atomic mass is 19.4. The normalized spacial score (nSPS) is 11.5. The van der Waals surface area contributed by atoms with Crippen LogP contribution in [0.25, 0.3) is 0 Å². The van der Waals surface area contributed by atoms with Crippen molar-refractivity contribution in [3.05, 3.63) is 34.4 Å². The van der Waals surface area contributed by atoms with Gasteiger partial charge in [-0.15, -0.1) is 0 Å². The van der Waals surface area contributed by atoms with Gasteiger partial charge in [0.25, 0.3) is 5.91 Å². The molecule has 130 valence electrons. The van der Waals surface area contributed by atoms with Crippen molar-refractivity contribution in [2.75, 3.05) is 11.9 Å². The Balaban J connectivity index is 2.01. The number of carbonyl (C=O) groups is 1. The van der Waals surface area contributed by atoms with Gasteiger partial charge in [0.1, 0.15) is 19.5 Å². The summed E-state index contributed by atoms with van der Waals surface area (Å²) >= 11 is 0. The van der Waals surface area contributed by atoms with Crippen LogP contribution in [0, 0.1) is 10.1 Å². The summed E-state index contributed by atoms with van der Waals surface area (Å²) in [4.78, 5) is 22.2. The molecule has 0 saturated heterocycles. The lowest BCUT2D eigenvalue weighted by Gasteiger charge is -2.07. The summed E-state index contributed by atoms with van der Waals surface area (Å²) in [7, 11) is 1.36. The van der Waals surface area contributed by atoms with Gasteiger partial charge in [-0.2, -0.15) is 23.4 Å². The highest BCUT2D eigenvalue weighted by Crippen LogP contribution is 2.19. The minimum Gasteiger partial charge on any atom is -0.350 e. The Morgan fingerprint density at radius 3 is 2.75 bits per heavy atom. The number of hydrogen-bond donors (Lipinski definition) is 1. The molecule has 24 heavy (non-hydrogen) atoms. The van der Waals surface area contributed by atoms with Crippen molar-refractivity contribution < 1.29 is 27.6 Å². The number of ether oxygens (including phenoxy) is 1. The van der Waals surface area contributed by atoms with Gasteiger partial charge in [-0.3, -0.25) is 19.6 Å². The van der Waals surface area contributed by atoms with E-state index in [1.807, 2.05) is 0 Å². The molecule has 1 N–H and O–H groups in total. The number of nitrogens with one attached hydrogen (secondary N) is 1. The Bertz CT molecular complexity index is 753. The number of amides is 1. The molecule has 10 nitrogen and oxygen atoms in total. The van der Waals surface area contributed by atoms with Gasteiger partial charge in [-0.05, 0) is 0 Å². The number of aromatic nitrogens is 4. The van der Waals surface area contributed by atoms with Crippen molar-refractivity contribution in [2.45, 2.75) is 12.9 Å². The molecule has 0 radical (unpaired) electrons. The molecule has 0 bridgehead atoms. The second kappa shape index (κ2) is 6.66. The third-order valence-electron chi connectivity index (χ3n) is 2.71. The van der Waals surface area contributed by atoms with Crippen LogP contribution in [0.5, 0.6) is 0 Å². The van der Waals surface area contributed by atoms with Crippen LogP contribution in [0.4, 0.5) is 24.5 Å². The lowest BCUT2D eigenvalue weighted by Crippen LogP contribution is -2.18. The standard InChI is InChI=1S/C11H11F3N6O4/c1-18-9(8(3-15-18)20(22)23)10(21)17-7-2-16-19(4-7)6-24-5-11(12,13)14/h2-4H,5-6H2,1H3,(H,17,21). The number of hydrogen-bond acceptors (Lipinski definition) is 6. The van der Waals surface area contributed by atoms with Gasteiger partial charge < -0.3 is 10.1 Å². The van der Waals surface area contributed by atoms with Gasteiger partial charge in [-0.1, -0.05) is 0 Å².